The Bertz CT molecular complexity index is 122. The molecule has 60 valence electrons. The van der Waals surface area contributed by atoms with Crippen molar-refractivity contribution in [1.29, 1.82) is 0 Å². The van der Waals surface area contributed by atoms with Crippen LogP contribution in [0, 0.1) is 0 Å². The summed E-state index contributed by atoms with van der Waals surface area (Å²) in [6, 6.07) is 0. The summed E-state index contributed by atoms with van der Waals surface area (Å²) in [5.74, 6) is 4.81. The summed E-state index contributed by atoms with van der Waals surface area (Å²) in [7, 11) is 3.96. The van der Waals surface area contributed by atoms with Crippen LogP contribution < -0.4 is 11.3 Å². The van der Waals surface area contributed by atoms with Crippen molar-refractivity contribution in [2.75, 3.05) is 27.2 Å². The molecule has 0 aromatic rings. The lowest BCUT2D eigenvalue weighted by molar-refractivity contribution is -0.880. The first-order valence-electron chi connectivity index (χ1n) is 3.33. The Morgan fingerprint density at radius 3 is 2.40 bits per heavy atom. The summed E-state index contributed by atoms with van der Waals surface area (Å²) < 4.78 is 0.670. The Labute approximate surface area is 61.6 Å². The van der Waals surface area contributed by atoms with E-state index in [1.807, 2.05) is 21.0 Å². The molecule has 0 aromatic carbocycles. The summed E-state index contributed by atoms with van der Waals surface area (Å²) in [4.78, 5) is 10.7. The van der Waals surface area contributed by atoms with Crippen LogP contribution in [0.3, 0.4) is 0 Å². The van der Waals surface area contributed by atoms with Gasteiger partial charge in [0.25, 0.3) is 5.91 Å². The first-order chi connectivity index (χ1) is 4.52. The van der Waals surface area contributed by atoms with Crippen molar-refractivity contribution < 1.29 is 9.28 Å². The zero-order valence-corrected chi connectivity index (χ0v) is 6.85. The SMILES string of the molecule is CC[N+](C)(C)CC(=O)NN. The van der Waals surface area contributed by atoms with Crippen molar-refractivity contribution >= 4 is 5.91 Å². The van der Waals surface area contributed by atoms with E-state index in [0.717, 1.165) is 6.54 Å². The molecule has 0 radical (unpaired) electrons. The van der Waals surface area contributed by atoms with Crippen molar-refractivity contribution in [3.8, 4) is 0 Å². The molecule has 0 unspecified atom stereocenters. The third-order valence-corrected chi connectivity index (χ3v) is 1.59. The molecule has 0 aliphatic carbocycles. The second-order valence-corrected chi connectivity index (χ2v) is 2.98. The van der Waals surface area contributed by atoms with Crippen molar-refractivity contribution in [3.05, 3.63) is 0 Å². The van der Waals surface area contributed by atoms with Crippen molar-refractivity contribution in [2.45, 2.75) is 6.92 Å². The monoisotopic (exact) mass is 146 g/mol. The number of hydrogen-bond acceptors (Lipinski definition) is 2. The number of nitrogens with zero attached hydrogens (tertiary/aromatic N) is 1. The number of quaternary nitrogens is 1. The Balaban J connectivity index is 3.76. The topological polar surface area (TPSA) is 55.1 Å². The molecule has 4 nitrogen and oxygen atoms in total. The minimum Gasteiger partial charge on any atom is -0.321 e. The number of amides is 1. The van der Waals surface area contributed by atoms with Crippen LogP contribution in [-0.4, -0.2) is 37.6 Å². The smallest absolute Gasteiger partial charge is 0.289 e. The van der Waals surface area contributed by atoms with Crippen LogP contribution in [0.15, 0.2) is 0 Å². The third-order valence-electron chi connectivity index (χ3n) is 1.59. The fraction of sp³-hybridized carbons (Fsp3) is 0.833. The van der Waals surface area contributed by atoms with Gasteiger partial charge in [-0.1, -0.05) is 0 Å². The van der Waals surface area contributed by atoms with Gasteiger partial charge in [-0.3, -0.25) is 10.2 Å². The van der Waals surface area contributed by atoms with Gasteiger partial charge in [0.05, 0.1) is 20.6 Å². The molecule has 0 heterocycles. The lowest BCUT2D eigenvalue weighted by Gasteiger charge is -2.26. The maximum atomic E-state index is 10.7. The first kappa shape index (κ1) is 9.39. The van der Waals surface area contributed by atoms with Crippen molar-refractivity contribution in [3.63, 3.8) is 0 Å². The predicted molar refractivity (Wildman–Crippen MR) is 39.8 cm³/mol. The van der Waals surface area contributed by atoms with E-state index < -0.39 is 0 Å². The molecule has 1 amide bonds. The molecule has 0 aromatic heterocycles. The van der Waals surface area contributed by atoms with E-state index in [0.29, 0.717) is 11.0 Å². The highest BCUT2D eigenvalue weighted by Crippen LogP contribution is 1.93. The number of nitrogens with one attached hydrogen (secondary N) is 1. The Morgan fingerprint density at radius 1 is 1.60 bits per heavy atom. The van der Waals surface area contributed by atoms with Gasteiger partial charge >= 0.3 is 0 Å². The zero-order chi connectivity index (χ0) is 8.20. The molecule has 0 atom stereocenters. The van der Waals surface area contributed by atoms with Gasteiger partial charge in [0.15, 0.2) is 6.54 Å². The van der Waals surface area contributed by atoms with Crippen LogP contribution in [-0.2, 0) is 4.79 Å². The Kier molecular flexibility index (Phi) is 3.32. The summed E-state index contributed by atoms with van der Waals surface area (Å²) >= 11 is 0. The van der Waals surface area contributed by atoms with Crippen LogP contribution in [0.25, 0.3) is 0 Å². The standard InChI is InChI=1S/C6H15N3O/c1-4-9(2,3)5-6(10)8-7/h4-5,7H2,1-3H3/p+1. The fourth-order valence-electron chi connectivity index (χ4n) is 0.546. The number of nitrogens with two attached hydrogens (primary N) is 1. The van der Waals surface area contributed by atoms with Gasteiger partial charge in [0.2, 0.25) is 0 Å². The maximum absolute atomic E-state index is 10.7. The lowest BCUT2D eigenvalue weighted by atomic mass is 10.4. The molecule has 0 spiro atoms. The molecule has 0 aliphatic rings. The molecule has 4 heteroatoms. The van der Waals surface area contributed by atoms with Crippen LogP contribution in [0.4, 0.5) is 0 Å². The number of carbonyl (C=O) groups excluding carboxylic acids is 1. The number of carbonyl (C=O) groups is 1. The summed E-state index contributed by atoms with van der Waals surface area (Å²) in [5, 5.41) is 0. The highest BCUT2D eigenvalue weighted by molar-refractivity contribution is 5.76. The van der Waals surface area contributed by atoms with E-state index >= 15 is 0 Å². The van der Waals surface area contributed by atoms with E-state index in [1.54, 1.807) is 0 Å². The van der Waals surface area contributed by atoms with Gasteiger partial charge in [-0.2, -0.15) is 0 Å². The molecule has 0 fully saturated rings. The van der Waals surface area contributed by atoms with Crippen LogP contribution in [0.2, 0.25) is 0 Å². The summed E-state index contributed by atoms with van der Waals surface area (Å²) in [5.41, 5.74) is 2.10. The van der Waals surface area contributed by atoms with Gasteiger partial charge < -0.3 is 4.48 Å². The summed E-state index contributed by atoms with van der Waals surface area (Å²) in [6.45, 7) is 3.39. The zero-order valence-electron chi connectivity index (χ0n) is 6.85. The van der Waals surface area contributed by atoms with E-state index in [2.05, 4.69) is 5.43 Å². The number of rotatable bonds is 3. The van der Waals surface area contributed by atoms with Crippen LogP contribution >= 0.6 is 0 Å². The molecular weight excluding hydrogens is 130 g/mol. The molecule has 0 rings (SSSR count). The van der Waals surface area contributed by atoms with Gasteiger partial charge in [-0.15, -0.1) is 0 Å². The molecule has 0 bridgehead atoms. The van der Waals surface area contributed by atoms with E-state index in [9.17, 15) is 4.79 Å². The minimum absolute atomic E-state index is 0.119. The molecule has 0 saturated carbocycles. The second-order valence-electron chi connectivity index (χ2n) is 2.98. The first-order valence-corrected chi connectivity index (χ1v) is 3.33. The van der Waals surface area contributed by atoms with Crippen molar-refractivity contribution in [2.24, 2.45) is 5.84 Å². The van der Waals surface area contributed by atoms with Gasteiger partial charge in [0.1, 0.15) is 0 Å². The van der Waals surface area contributed by atoms with E-state index in [-0.39, 0.29) is 5.91 Å². The van der Waals surface area contributed by atoms with Gasteiger partial charge in [-0.25, -0.2) is 5.84 Å². The fourth-order valence-corrected chi connectivity index (χ4v) is 0.546. The Morgan fingerprint density at radius 2 is 2.10 bits per heavy atom. The van der Waals surface area contributed by atoms with E-state index in [1.165, 1.54) is 0 Å². The van der Waals surface area contributed by atoms with E-state index in [4.69, 9.17) is 5.84 Å². The summed E-state index contributed by atoms with van der Waals surface area (Å²) in [6.07, 6.45) is 0. The molecule has 3 N–H and O–H groups in total. The van der Waals surface area contributed by atoms with Crippen LogP contribution in [0.5, 0.6) is 0 Å². The van der Waals surface area contributed by atoms with Crippen LogP contribution in [0.1, 0.15) is 6.92 Å². The molecule has 0 saturated heterocycles. The Hall–Kier alpha value is -0.610. The number of hydrazine groups is 1. The second kappa shape index (κ2) is 3.53. The van der Waals surface area contributed by atoms with Crippen molar-refractivity contribution in [1.82, 2.24) is 5.43 Å². The predicted octanol–water partition coefficient (Wildman–Crippen LogP) is -0.927. The quantitative estimate of drug-likeness (QED) is 0.234. The van der Waals surface area contributed by atoms with Gasteiger partial charge in [-0.05, 0) is 6.92 Å². The minimum atomic E-state index is -0.119. The molecule has 0 aliphatic heterocycles. The number of hydrogen-bond donors (Lipinski definition) is 2. The highest BCUT2D eigenvalue weighted by Gasteiger charge is 2.15. The average molecular weight is 146 g/mol. The number of likely N-dealkylation sites (N-methyl/N-ethyl adjacent to an activating group) is 1. The molecular formula is C6H16N3O+. The van der Waals surface area contributed by atoms with Gasteiger partial charge in [0, 0.05) is 0 Å². The average Bonchev–Trinajstić information content (AvgIpc) is 1.87. The lowest BCUT2D eigenvalue weighted by Crippen LogP contribution is -2.48. The largest absolute Gasteiger partial charge is 0.321 e. The molecule has 10 heavy (non-hydrogen) atoms. The normalized spacial score (nSPS) is 11.2. The highest BCUT2D eigenvalue weighted by atomic mass is 16.2. The third kappa shape index (κ3) is 3.42. The maximum Gasteiger partial charge on any atom is 0.289 e.